The molecule has 0 aliphatic heterocycles. The van der Waals surface area contributed by atoms with Gasteiger partial charge in [-0.15, -0.1) is 11.3 Å². The number of ether oxygens (including phenoxy) is 1. The van der Waals surface area contributed by atoms with Crippen molar-refractivity contribution in [2.45, 2.75) is 13.0 Å². The topological polar surface area (TPSA) is 46.5 Å². The predicted molar refractivity (Wildman–Crippen MR) is 71.0 cm³/mol. The lowest BCUT2D eigenvalue weighted by atomic mass is 10.1. The normalized spacial score (nSPS) is 10.6. The lowest BCUT2D eigenvalue weighted by Gasteiger charge is -2.05. The summed E-state index contributed by atoms with van der Waals surface area (Å²) < 4.78 is 18.8. The Hall–Kier alpha value is -1.72. The molecule has 100 valence electrons. The van der Waals surface area contributed by atoms with Crippen LogP contribution in [-0.2, 0) is 17.8 Å². The molecule has 0 spiro atoms. The van der Waals surface area contributed by atoms with Crippen LogP contribution in [0.2, 0.25) is 0 Å². The Morgan fingerprint density at radius 3 is 2.84 bits per heavy atom. The standard InChI is InChI=1S/C14H13FO3S/c15-13-8-10(3-4-12(13)14(16)17)9-18-6-5-11-2-1-7-19-11/h1-4,7-8H,5-6,9H2,(H,16,17). The molecule has 1 aromatic carbocycles. The Morgan fingerprint density at radius 2 is 2.21 bits per heavy atom. The molecule has 0 bridgehead atoms. The molecule has 0 atom stereocenters. The maximum Gasteiger partial charge on any atom is 0.338 e. The summed E-state index contributed by atoms with van der Waals surface area (Å²) in [6.07, 6.45) is 0.827. The van der Waals surface area contributed by atoms with Gasteiger partial charge in [0.05, 0.1) is 18.8 Å². The number of benzene rings is 1. The maximum atomic E-state index is 13.4. The predicted octanol–water partition coefficient (Wildman–Crippen LogP) is 3.34. The van der Waals surface area contributed by atoms with Crippen LogP contribution in [-0.4, -0.2) is 17.7 Å². The van der Waals surface area contributed by atoms with Crippen LogP contribution in [0.25, 0.3) is 0 Å². The van der Waals surface area contributed by atoms with Gasteiger partial charge in [-0.3, -0.25) is 0 Å². The Bertz CT molecular complexity index is 552. The summed E-state index contributed by atoms with van der Waals surface area (Å²) in [6, 6.07) is 8.05. The molecule has 0 radical (unpaired) electrons. The van der Waals surface area contributed by atoms with Crippen molar-refractivity contribution in [3.63, 3.8) is 0 Å². The number of carboxylic acid groups (broad SMARTS) is 1. The first-order chi connectivity index (χ1) is 9.16. The van der Waals surface area contributed by atoms with E-state index in [0.29, 0.717) is 12.2 Å². The largest absolute Gasteiger partial charge is 0.478 e. The molecule has 1 aromatic heterocycles. The van der Waals surface area contributed by atoms with E-state index in [0.717, 1.165) is 6.42 Å². The van der Waals surface area contributed by atoms with Gasteiger partial charge >= 0.3 is 5.97 Å². The highest BCUT2D eigenvalue weighted by Gasteiger charge is 2.10. The molecular formula is C14H13FO3S. The third kappa shape index (κ3) is 3.87. The molecule has 0 unspecified atom stereocenters. The van der Waals surface area contributed by atoms with Crippen molar-refractivity contribution in [3.05, 3.63) is 57.5 Å². The van der Waals surface area contributed by atoms with Crippen molar-refractivity contribution in [2.75, 3.05) is 6.61 Å². The third-order valence-corrected chi connectivity index (χ3v) is 3.54. The van der Waals surface area contributed by atoms with E-state index < -0.39 is 11.8 Å². The van der Waals surface area contributed by atoms with Crippen molar-refractivity contribution >= 4 is 17.3 Å². The molecular weight excluding hydrogens is 267 g/mol. The minimum atomic E-state index is -1.26. The fourth-order valence-corrected chi connectivity index (χ4v) is 2.33. The fraction of sp³-hybridized carbons (Fsp3) is 0.214. The van der Waals surface area contributed by atoms with E-state index in [4.69, 9.17) is 9.84 Å². The van der Waals surface area contributed by atoms with Gasteiger partial charge in [-0.25, -0.2) is 9.18 Å². The first-order valence-corrected chi connectivity index (χ1v) is 6.66. The highest BCUT2D eigenvalue weighted by molar-refractivity contribution is 7.09. The Kier molecular flexibility index (Phi) is 4.65. The van der Waals surface area contributed by atoms with E-state index in [-0.39, 0.29) is 12.2 Å². The number of carbonyl (C=O) groups is 1. The third-order valence-electron chi connectivity index (χ3n) is 2.61. The summed E-state index contributed by atoms with van der Waals surface area (Å²) in [5.74, 6) is -1.99. The van der Waals surface area contributed by atoms with E-state index >= 15 is 0 Å². The highest BCUT2D eigenvalue weighted by atomic mass is 32.1. The summed E-state index contributed by atoms with van der Waals surface area (Å²) in [5, 5.41) is 10.7. The van der Waals surface area contributed by atoms with Gasteiger partial charge in [0.25, 0.3) is 0 Å². The Labute approximate surface area is 114 Å². The molecule has 5 heteroatoms. The molecule has 2 rings (SSSR count). The van der Waals surface area contributed by atoms with Gasteiger partial charge < -0.3 is 9.84 Å². The molecule has 0 fully saturated rings. The van der Waals surface area contributed by atoms with Crippen LogP contribution in [0.4, 0.5) is 4.39 Å². The highest BCUT2D eigenvalue weighted by Crippen LogP contribution is 2.12. The average molecular weight is 280 g/mol. The quantitative estimate of drug-likeness (QED) is 0.825. The number of rotatable bonds is 6. The number of carboxylic acids is 1. The average Bonchev–Trinajstić information content (AvgIpc) is 2.87. The van der Waals surface area contributed by atoms with Crippen molar-refractivity contribution < 1.29 is 19.0 Å². The smallest absolute Gasteiger partial charge is 0.338 e. The molecule has 0 aliphatic carbocycles. The lowest BCUT2D eigenvalue weighted by Crippen LogP contribution is -2.03. The molecule has 0 aliphatic rings. The SMILES string of the molecule is O=C(O)c1ccc(COCCc2cccs2)cc1F. The van der Waals surface area contributed by atoms with Crippen LogP contribution in [0.1, 0.15) is 20.8 Å². The zero-order valence-corrected chi connectivity index (χ0v) is 11.0. The van der Waals surface area contributed by atoms with Crippen molar-refractivity contribution in [3.8, 4) is 0 Å². The van der Waals surface area contributed by atoms with Crippen molar-refractivity contribution in [1.29, 1.82) is 0 Å². The zero-order chi connectivity index (χ0) is 13.7. The van der Waals surface area contributed by atoms with E-state index in [9.17, 15) is 9.18 Å². The summed E-state index contributed by atoms with van der Waals surface area (Å²) in [7, 11) is 0. The van der Waals surface area contributed by atoms with Crippen LogP contribution >= 0.6 is 11.3 Å². The Morgan fingerprint density at radius 1 is 1.37 bits per heavy atom. The van der Waals surface area contributed by atoms with Gasteiger partial charge in [0.2, 0.25) is 0 Å². The van der Waals surface area contributed by atoms with Gasteiger partial charge in [-0.2, -0.15) is 0 Å². The second-order valence-electron chi connectivity index (χ2n) is 4.00. The molecule has 2 aromatic rings. The summed E-state index contributed by atoms with van der Waals surface area (Å²) >= 11 is 1.67. The van der Waals surface area contributed by atoms with Crippen LogP contribution in [0.15, 0.2) is 35.7 Å². The van der Waals surface area contributed by atoms with Crippen LogP contribution in [0.3, 0.4) is 0 Å². The molecule has 3 nitrogen and oxygen atoms in total. The molecule has 0 saturated carbocycles. The van der Waals surface area contributed by atoms with Crippen LogP contribution in [0, 0.1) is 5.82 Å². The molecule has 0 amide bonds. The molecule has 1 heterocycles. The summed E-state index contributed by atoms with van der Waals surface area (Å²) in [4.78, 5) is 11.9. The second-order valence-corrected chi connectivity index (χ2v) is 5.03. The van der Waals surface area contributed by atoms with Crippen molar-refractivity contribution in [1.82, 2.24) is 0 Å². The maximum absolute atomic E-state index is 13.4. The lowest BCUT2D eigenvalue weighted by molar-refractivity contribution is 0.0691. The zero-order valence-electron chi connectivity index (χ0n) is 10.1. The number of thiophene rings is 1. The number of hydrogen-bond donors (Lipinski definition) is 1. The first kappa shape index (κ1) is 13.7. The van der Waals surface area contributed by atoms with Gasteiger partial charge in [0.15, 0.2) is 0 Å². The van der Waals surface area contributed by atoms with E-state index in [1.807, 2.05) is 17.5 Å². The van der Waals surface area contributed by atoms with Gasteiger partial charge in [0.1, 0.15) is 5.82 Å². The molecule has 0 saturated heterocycles. The van der Waals surface area contributed by atoms with Crippen molar-refractivity contribution in [2.24, 2.45) is 0 Å². The Balaban J connectivity index is 1.83. The summed E-state index contributed by atoms with van der Waals surface area (Å²) in [6.45, 7) is 0.838. The number of hydrogen-bond acceptors (Lipinski definition) is 3. The second kappa shape index (κ2) is 6.45. The minimum Gasteiger partial charge on any atom is -0.478 e. The van der Waals surface area contributed by atoms with Gasteiger partial charge in [-0.05, 0) is 29.1 Å². The van der Waals surface area contributed by atoms with E-state index in [2.05, 4.69) is 0 Å². The van der Waals surface area contributed by atoms with E-state index in [1.165, 1.54) is 17.0 Å². The van der Waals surface area contributed by atoms with Crippen LogP contribution < -0.4 is 0 Å². The fourth-order valence-electron chi connectivity index (χ4n) is 1.64. The minimum absolute atomic E-state index is 0.280. The molecule has 1 N–H and O–H groups in total. The number of halogens is 1. The molecule has 19 heavy (non-hydrogen) atoms. The number of aromatic carboxylic acids is 1. The van der Waals surface area contributed by atoms with Crippen LogP contribution in [0.5, 0.6) is 0 Å². The van der Waals surface area contributed by atoms with Gasteiger partial charge in [-0.1, -0.05) is 12.1 Å². The summed E-state index contributed by atoms with van der Waals surface area (Å²) in [5.41, 5.74) is 0.316. The first-order valence-electron chi connectivity index (χ1n) is 5.78. The van der Waals surface area contributed by atoms with Gasteiger partial charge in [0, 0.05) is 11.3 Å². The monoisotopic (exact) mass is 280 g/mol. The van der Waals surface area contributed by atoms with E-state index in [1.54, 1.807) is 17.4 Å².